The van der Waals surface area contributed by atoms with Crippen LogP contribution < -0.4 is 5.32 Å². The van der Waals surface area contributed by atoms with Gasteiger partial charge in [0, 0.05) is 13.0 Å². The van der Waals surface area contributed by atoms with Gasteiger partial charge in [-0.05, 0) is 31.9 Å². The third-order valence-electron chi connectivity index (χ3n) is 2.70. The van der Waals surface area contributed by atoms with Crippen LogP contribution in [0.5, 0.6) is 0 Å². The van der Waals surface area contributed by atoms with Crippen LogP contribution in [0, 0.1) is 4.91 Å². The molecule has 0 bridgehead atoms. The van der Waals surface area contributed by atoms with Gasteiger partial charge in [0.25, 0.3) is 0 Å². The normalized spacial score (nSPS) is 10.9. The molecule has 0 saturated heterocycles. The number of carbonyl (C=O) groups is 2. The Bertz CT molecular complexity index is 535. The molecule has 0 saturated carbocycles. The van der Waals surface area contributed by atoms with Crippen LogP contribution in [0.3, 0.4) is 0 Å². The maximum absolute atomic E-state index is 11.7. The van der Waals surface area contributed by atoms with E-state index in [-0.39, 0.29) is 31.3 Å². The Morgan fingerprint density at radius 1 is 1.18 bits per heavy atom. The van der Waals surface area contributed by atoms with Gasteiger partial charge in [-0.3, -0.25) is 9.59 Å². The molecule has 0 fully saturated rings. The molecule has 0 aliphatic rings. The smallest absolute Gasteiger partial charge is 0.306 e. The second-order valence-corrected chi connectivity index (χ2v) is 5.97. The first-order chi connectivity index (χ1) is 10.3. The Labute approximate surface area is 130 Å². The molecular formula is C16H22N2O4. The Kier molecular flexibility index (Phi) is 6.69. The van der Waals surface area contributed by atoms with Crippen molar-refractivity contribution in [2.75, 3.05) is 0 Å². The van der Waals surface area contributed by atoms with Crippen molar-refractivity contribution < 1.29 is 14.3 Å². The minimum Gasteiger partial charge on any atom is -0.460 e. The summed E-state index contributed by atoms with van der Waals surface area (Å²) in [4.78, 5) is 33.5. The number of carbonyl (C=O) groups excluding carboxylic acids is 2. The van der Waals surface area contributed by atoms with E-state index in [2.05, 4.69) is 10.5 Å². The fourth-order valence-electron chi connectivity index (χ4n) is 1.81. The van der Waals surface area contributed by atoms with Gasteiger partial charge in [-0.2, -0.15) is 4.91 Å². The molecule has 1 amide bonds. The molecule has 0 spiro atoms. The number of nitrogens with one attached hydrogen (secondary N) is 1. The molecule has 0 radical (unpaired) electrons. The average molecular weight is 306 g/mol. The number of benzene rings is 1. The van der Waals surface area contributed by atoms with Gasteiger partial charge in [0.2, 0.25) is 5.91 Å². The van der Waals surface area contributed by atoms with Gasteiger partial charge >= 0.3 is 5.97 Å². The van der Waals surface area contributed by atoms with E-state index in [4.69, 9.17) is 4.74 Å². The average Bonchev–Trinajstić information content (AvgIpc) is 2.42. The molecule has 0 heterocycles. The van der Waals surface area contributed by atoms with Crippen LogP contribution in [0.2, 0.25) is 0 Å². The third kappa shape index (κ3) is 7.52. The van der Waals surface area contributed by atoms with E-state index in [1.807, 2.05) is 18.2 Å². The molecule has 0 unspecified atom stereocenters. The lowest BCUT2D eigenvalue weighted by Gasteiger charge is -2.19. The van der Waals surface area contributed by atoms with E-state index < -0.39 is 5.60 Å². The van der Waals surface area contributed by atoms with Crippen molar-refractivity contribution in [3.05, 3.63) is 40.3 Å². The summed E-state index contributed by atoms with van der Waals surface area (Å²) >= 11 is 0. The summed E-state index contributed by atoms with van der Waals surface area (Å²) in [6, 6.07) is 7.27. The van der Waals surface area contributed by atoms with Gasteiger partial charge in [-0.15, -0.1) is 0 Å². The van der Waals surface area contributed by atoms with Crippen LogP contribution in [0.25, 0.3) is 0 Å². The van der Waals surface area contributed by atoms with E-state index in [0.29, 0.717) is 6.54 Å². The zero-order valence-corrected chi connectivity index (χ0v) is 13.2. The summed E-state index contributed by atoms with van der Waals surface area (Å²) in [5.41, 5.74) is 1.14. The summed E-state index contributed by atoms with van der Waals surface area (Å²) < 4.78 is 5.13. The Hall–Kier alpha value is -2.24. The minimum atomic E-state index is -0.541. The van der Waals surface area contributed by atoms with Crippen molar-refractivity contribution in [2.24, 2.45) is 5.18 Å². The molecule has 6 nitrogen and oxygen atoms in total. The molecule has 1 N–H and O–H groups in total. The fraction of sp³-hybridized carbons (Fsp3) is 0.500. The summed E-state index contributed by atoms with van der Waals surface area (Å²) in [5, 5.41) is 5.56. The Morgan fingerprint density at radius 3 is 2.50 bits per heavy atom. The zero-order chi connectivity index (χ0) is 16.6. The fourth-order valence-corrected chi connectivity index (χ4v) is 1.81. The van der Waals surface area contributed by atoms with Crippen LogP contribution in [0.15, 0.2) is 29.4 Å². The molecule has 6 heteroatoms. The molecule has 0 aromatic heterocycles. The van der Waals surface area contributed by atoms with E-state index in [1.54, 1.807) is 26.8 Å². The molecule has 1 aromatic rings. The van der Waals surface area contributed by atoms with Crippen molar-refractivity contribution in [3.8, 4) is 0 Å². The Morgan fingerprint density at radius 2 is 1.86 bits per heavy atom. The number of hydrogen-bond donors (Lipinski definition) is 1. The molecule has 0 atom stereocenters. The summed E-state index contributed by atoms with van der Waals surface area (Å²) in [7, 11) is 0. The number of rotatable bonds is 7. The maximum atomic E-state index is 11.7. The van der Waals surface area contributed by atoms with Crippen molar-refractivity contribution in [3.63, 3.8) is 0 Å². The number of esters is 1. The highest BCUT2D eigenvalue weighted by Gasteiger charge is 2.16. The SMILES string of the molecule is CC(C)(C)OC(=O)CCC(=O)NCc1cccc(CN=O)c1. The lowest BCUT2D eigenvalue weighted by atomic mass is 10.1. The third-order valence-corrected chi connectivity index (χ3v) is 2.70. The number of nitrogens with zero attached hydrogens (tertiary/aromatic N) is 1. The predicted molar refractivity (Wildman–Crippen MR) is 82.9 cm³/mol. The first-order valence-electron chi connectivity index (χ1n) is 7.15. The van der Waals surface area contributed by atoms with Crippen molar-refractivity contribution in [1.82, 2.24) is 5.32 Å². The van der Waals surface area contributed by atoms with E-state index >= 15 is 0 Å². The van der Waals surface area contributed by atoms with E-state index in [1.165, 1.54) is 0 Å². The molecular weight excluding hydrogens is 284 g/mol. The monoisotopic (exact) mass is 306 g/mol. The van der Waals surface area contributed by atoms with Gasteiger partial charge in [-0.1, -0.05) is 29.4 Å². The lowest BCUT2D eigenvalue weighted by molar-refractivity contribution is -0.155. The topological polar surface area (TPSA) is 84.8 Å². The van der Waals surface area contributed by atoms with Gasteiger partial charge in [0.15, 0.2) is 0 Å². The first-order valence-corrected chi connectivity index (χ1v) is 7.15. The van der Waals surface area contributed by atoms with Gasteiger partial charge in [-0.25, -0.2) is 0 Å². The summed E-state index contributed by atoms with van der Waals surface area (Å²) in [6.45, 7) is 5.81. The number of nitroso groups, excluding NO2 is 1. The number of hydrogen-bond acceptors (Lipinski definition) is 5. The second-order valence-electron chi connectivity index (χ2n) is 5.97. The first kappa shape index (κ1) is 17.8. The van der Waals surface area contributed by atoms with Crippen molar-refractivity contribution >= 4 is 11.9 Å². The highest BCUT2D eigenvalue weighted by Crippen LogP contribution is 2.09. The van der Waals surface area contributed by atoms with E-state index in [0.717, 1.165) is 11.1 Å². The van der Waals surface area contributed by atoms with Crippen LogP contribution in [0.1, 0.15) is 44.7 Å². The second kappa shape index (κ2) is 8.26. The zero-order valence-electron chi connectivity index (χ0n) is 13.2. The number of ether oxygens (including phenoxy) is 1. The highest BCUT2D eigenvalue weighted by atomic mass is 16.6. The molecule has 1 aromatic carbocycles. The minimum absolute atomic E-state index is 0.0538. The maximum Gasteiger partial charge on any atom is 0.306 e. The van der Waals surface area contributed by atoms with Crippen LogP contribution >= 0.6 is 0 Å². The van der Waals surface area contributed by atoms with Crippen LogP contribution in [0.4, 0.5) is 0 Å². The molecule has 22 heavy (non-hydrogen) atoms. The van der Waals surface area contributed by atoms with E-state index in [9.17, 15) is 14.5 Å². The quantitative estimate of drug-likeness (QED) is 0.620. The summed E-state index contributed by atoms with van der Waals surface area (Å²) in [6.07, 6.45) is 0.142. The highest BCUT2D eigenvalue weighted by molar-refractivity contribution is 5.81. The molecule has 0 aliphatic carbocycles. The van der Waals surface area contributed by atoms with Crippen molar-refractivity contribution in [1.29, 1.82) is 0 Å². The standard InChI is InChI=1S/C16H22N2O4/c1-16(2,3)22-15(20)8-7-14(19)17-10-12-5-4-6-13(9-12)11-18-21/h4-6,9H,7-8,10-11H2,1-3H3,(H,17,19). The van der Waals surface area contributed by atoms with Gasteiger partial charge < -0.3 is 10.1 Å². The molecule has 0 aliphatic heterocycles. The lowest BCUT2D eigenvalue weighted by Crippen LogP contribution is -2.27. The number of amides is 1. The van der Waals surface area contributed by atoms with Crippen LogP contribution in [-0.2, 0) is 27.4 Å². The largest absolute Gasteiger partial charge is 0.460 e. The Balaban J connectivity index is 2.35. The van der Waals surface area contributed by atoms with Crippen LogP contribution in [-0.4, -0.2) is 17.5 Å². The predicted octanol–water partition coefficient (Wildman–Crippen LogP) is 2.69. The molecule has 1 rings (SSSR count). The molecule has 120 valence electrons. The van der Waals surface area contributed by atoms with Gasteiger partial charge in [0.05, 0.1) is 6.42 Å². The van der Waals surface area contributed by atoms with Gasteiger partial charge in [0.1, 0.15) is 12.1 Å². The summed E-state index contributed by atoms with van der Waals surface area (Å²) in [5.74, 6) is -0.605. The van der Waals surface area contributed by atoms with Crippen molar-refractivity contribution in [2.45, 2.75) is 52.3 Å².